The number of carbonyl (C=O) groups excluding carboxylic acids is 1. The molecule has 2 rings (SSSR count). The van der Waals surface area contributed by atoms with Crippen molar-refractivity contribution in [2.45, 2.75) is 76.8 Å². The molecule has 21 heavy (non-hydrogen) atoms. The van der Waals surface area contributed by atoms with Gasteiger partial charge in [0.25, 0.3) is 0 Å². The first kappa shape index (κ1) is 16.8. The molecule has 0 aromatic heterocycles. The molecule has 1 aliphatic carbocycles. The maximum absolute atomic E-state index is 11.7. The van der Waals surface area contributed by atoms with E-state index in [9.17, 15) is 4.79 Å². The van der Waals surface area contributed by atoms with Gasteiger partial charge < -0.3 is 16.0 Å². The monoisotopic (exact) mass is 295 g/mol. The summed E-state index contributed by atoms with van der Waals surface area (Å²) in [6, 6.07) is 0.523. The third-order valence-corrected chi connectivity index (χ3v) is 5.23. The fraction of sp³-hybridized carbons (Fsp3) is 0.941. The lowest BCUT2D eigenvalue weighted by atomic mass is 9.93. The van der Waals surface area contributed by atoms with Gasteiger partial charge in [-0.15, -0.1) is 0 Å². The minimum Gasteiger partial charge on any atom is -0.368 e. The van der Waals surface area contributed by atoms with E-state index in [4.69, 9.17) is 5.73 Å². The van der Waals surface area contributed by atoms with E-state index in [1.165, 1.54) is 58.2 Å². The Bertz CT molecular complexity index is 343. The molecule has 4 nitrogen and oxygen atoms in total. The topological polar surface area (TPSA) is 58.4 Å². The van der Waals surface area contributed by atoms with E-state index in [0.717, 1.165) is 18.8 Å². The predicted molar refractivity (Wildman–Crippen MR) is 87.1 cm³/mol. The van der Waals surface area contributed by atoms with E-state index in [1.54, 1.807) is 0 Å². The molecule has 3 N–H and O–H groups in total. The second-order valence-corrected chi connectivity index (χ2v) is 7.29. The van der Waals surface area contributed by atoms with Crippen LogP contribution < -0.4 is 11.1 Å². The van der Waals surface area contributed by atoms with Gasteiger partial charge in [-0.25, -0.2) is 0 Å². The fourth-order valence-electron chi connectivity index (χ4n) is 3.45. The molecule has 1 saturated carbocycles. The van der Waals surface area contributed by atoms with Crippen molar-refractivity contribution in [2.24, 2.45) is 11.7 Å². The quantitative estimate of drug-likeness (QED) is 0.642. The number of hydrogen-bond donors (Lipinski definition) is 2. The Morgan fingerprint density at radius 1 is 1.33 bits per heavy atom. The highest BCUT2D eigenvalue weighted by Gasteiger charge is 2.36. The molecular formula is C17H33N3O. The largest absolute Gasteiger partial charge is 0.368 e. The Morgan fingerprint density at radius 2 is 2.10 bits per heavy atom. The van der Waals surface area contributed by atoms with Gasteiger partial charge in [0.15, 0.2) is 0 Å². The van der Waals surface area contributed by atoms with Gasteiger partial charge in [-0.1, -0.05) is 13.3 Å². The van der Waals surface area contributed by atoms with E-state index in [0.29, 0.717) is 6.04 Å². The van der Waals surface area contributed by atoms with E-state index in [1.807, 2.05) is 6.92 Å². The number of amides is 1. The molecule has 1 heterocycles. The number of rotatable bonds is 9. The SMILES string of the molecule is CCC1CCCN(CCCCC(C)(NC2CC2)C(N)=O)C1. The van der Waals surface area contributed by atoms with E-state index in [-0.39, 0.29) is 5.91 Å². The van der Waals surface area contributed by atoms with Gasteiger partial charge in [0.1, 0.15) is 0 Å². The summed E-state index contributed by atoms with van der Waals surface area (Å²) in [4.78, 5) is 14.3. The summed E-state index contributed by atoms with van der Waals surface area (Å²) in [5, 5.41) is 3.43. The van der Waals surface area contributed by atoms with Crippen LogP contribution in [-0.4, -0.2) is 42.0 Å². The lowest BCUT2D eigenvalue weighted by molar-refractivity contribution is -0.124. The van der Waals surface area contributed by atoms with Crippen LogP contribution in [0.3, 0.4) is 0 Å². The molecule has 0 aromatic carbocycles. The molecule has 0 bridgehead atoms. The summed E-state index contributed by atoms with van der Waals surface area (Å²) < 4.78 is 0. The zero-order valence-electron chi connectivity index (χ0n) is 13.9. The smallest absolute Gasteiger partial charge is 0.237 e. The molecule has 0 aromatic rings. The standard InChI is InChI=1S/C17H33N3O/c1-3-14-7-6-12-20(13-14)11-5-4-10-17(2,16(18)21)19-15-8-9-15/h14-15,19H,3-13H2,1-2H3,(H2,18,21). The molecule has 2 unspecified atom stereocenters. The Morgan fingerprint density at radius 3 is 2.71 bits per heavy atom. The van der Waals surface area contributed by atoms with Crippen molar-refractivity contribution in [3.8, 4) is 0 Å². The summed E-state index contributed by atoms with van der Waals surface area (Å²) >= 11 is 0. The summed E-state index contributed by atoms with van der Waals surface area (Å²) in [5.41, 5.74) is 5.09. The number of nitrogens with zero attached hydrogens (tertiary/aromatic N) is 1. The van der Waals surface area contributed by atoms with Crippen molar-refractivity contribution in [1.82, 2.24) is 10.2 Å². The number of primary amides is 1. The maximum atomic E-state index is 11.7. The van der Waals surface area contributed by atoms with Crippen LogP contribution in [-0.2, 0) is 4.79 Å². The zero-order chi connectivity index (χ0) is 15.3. The summed E-state index contributed by atoms with van der Waals surface area (Å²) in [6.07, 6.45) is 9.55. The van der Waals surface area contributed by atoms with Gasteiger partial charge in [-0.05, 0) is 70.9 Å². The third-order valence-electron chi connectivity index (χ3n) is 5.23. The minimum atomic E-state index is -0.505. The van der Waals surface area contributed by atoms with Crippen LogP contribution in [0.4, 0.5) is 0 Å². The van der Waals surface area contributed by atoms with Crippen LogP contribution in [0, 0.1) is 5.92 Å². The lowest BCUT2D eigenvalue weighted by Crippen LogP contribution is -2.54. The highest BCUT2D eigenvalue weighted by Crippen LogP contribution is 2.25. The molecule has 2 fully saturated rings. The van der Waals surface area contributed by atoms with E-state index >= 15 is 0 Å². The molecular weight excluding hydrogens is 262 g/mol. The van der Waals surface area contributed by atoms with Crippen molar-refractivity contribution in [3.63, 3.8) is 0 Å². The van der Waals surface area contributed by atoms with Crippen molar-refractivity contribution >= 4 is 5.91 Å². The molecule has 122 valence electrons. The Labute approximate surface area is 129 Å². The number of piperidine rings is 1. The molecule has 0 radical (unpaired) electrons. The first-order chi connectivity index (χ1) is 10.0. The van der Waals surface area contributed by atoms with Crippen LogP contribution >= 0.6 is 0 Å². The summed E-state index contributed by atoms with van der Waals surface area (Å²) in [5.74, 6) is 0.699. The second kappa shape index (κ2) is 7.59. The number of carbonyl (C=O) groups is 1. The lowest BCUT2D eigenvalue weighted by Gasteiger charge is -2.33. The first-order valence-corrected chi connectivity index (χ1v) is 8.83. The number of nitrogens with one attached hydrogen (secondary N) is 1. The minimum absolute atomic E-state index is 0.196. The number of likely N-dealkylation sites (tertiary alicyclic amines) is 1. The highest BCUT2D eigenvalue weighted by atomic mass is 16.1. The Hall–Kier alpha value is -0.610. The van der Waals surface area contributed by atoms with Crippen LogP contribution in [0.2, 0.25) is 0 Å². The van der Waals surface area contributed by atoms with E-state index < -0.39 is 5.54 Å². The third kappa shape index (κ3) is 5.26. The highest BCUT2D eigenvalue weighted by molar-refractivity contribution is 5.84. The average molecular weight is 295 g/mol. The van der Waals surface area contributed by atoms with Gasteiger partial charge in [0.05, 0.1) is 5.54 Å². The van der Waals surface area contributed by atoms with Crippen LogP contribution in [0.25, 0.3) is 0 Å². The second-order valence-electron chi connectivity index (χ2n) is 7.29. The molecule has 4 heteroatoms. The normalized spacial score (nSPS) is 26.5. The number of unbranched alkanes of at least 4 members (excludes halogenated alkanes) is 1. The van der Waals surface area contributed by atoms with Crippen molar-refractivity contribution in [3.05, 3.63) is 0 Å². The molecule has 1 saturated heterocycles. The molecule has 2 atom stereocenters. The first-order valence-electron chi connectivity index (χ1n) is 8.83. The molecule has 1 aliphatic heterocycles. The molecule has 2 aliphatic rings. The maximum Gasteiger partial charge on any atom is 0.237 e. The summed E-state index contributed by atoms with van der Waals surface area (Å²) in [6.45, 7) is 7.97. The number of hydrogen-bond acceptors (Lipinski definition) is 3. The van der Waals surface area contributed by atoms with Crippen molar-refractivity contribution in [2.75, 3.05) is 19.6 Å². The molecule has 1 amide bonds. The van der Waals surface area contributed by atoms with Gasteiger partial charge >= 0.3 is 0 Å². The van der Waals surface area contributed by atoms with Crippen LogP contribution in [0.1, 0.15) is 65.2 Å². The van der Waals surface area contributed by atoms with Crippen molar-refractivity contribution in [1.29, 1.82) is 0 Å². The number of nitrogens with two attached hydrogens (primary N) is 1. The van der Waals surface area contributed by atoms with Crippen LogP contribution in [0.15, 0.2) is 0 Å². The Balaban J connectivity index is 1.66. The van der Waals surface area contributed by atoms with Gasteiger partial charge in [-0.3, -0.25) is 4.79 Å². The average Bonchev–Trinajstić information content (AvgIpc) is 3.27. The Kier molecular flexibility index (Phi) is 6.06. The van der Waals surface area contributed by atoms with E-state index in [2.05, 4.69) is 17.1 Å². The zero-order valence-corrected chi connectivity index (χ0v) is 13.9. The molecule has 0 spiro atoms. The fourth-order valence-corrected chi connectivity index (χ4v) is 3.45. The summed E-state index contributed by atoms with van der Waals surface area (Å²) in [7, 11) is 0. The van der Waals surface area contributed by atoms with Gasteiger partial charge in [0, 0.05) is 12.6 Å². The van der Waals surface area contributed by atoms with Gasteiger partial charge in [-0.2, -0.15) is 0 Å². The predicted octanol–water partition coefficient (Wildman–Crippen LogP) is 2.27. The van der Waals surface area contributed by atoms with Crippen molar-refractivity contribution < 1.29 is 4.79 Å². The van der Waals surface area contributed by atoms with Gasteiger partial charge in [0.2, 0.25) is 5.91 Å². The van der Waals surface area contributed by atoms with Crippen LogP contribution in [0.5, 0.6) is 0 Å².